The van der Waals surface area contributed by atoms with E-state index in [1.54, 1.807) is 25.3 Å². The summed E-state index contributed by atoms with van der Waals surface area (Å²) >= 11 is 12.2. The fourth-order valence-corrected chi connectivity index (χ4v) is 2.55. The van der Waals surface area contributed by atoms with Gasteiger partial charge >= 0.3 is 0 Å². The molecule has 0 aliphatic carbocycles. The molecule has 0 bridgehead atoms. The largest absolute Gasteiger partial charge is 0.495 e. The third-order valence-corrected chi connectivity index (χ3v) is 3.98. The van der Waals surface area contributed by atoms with Gasteiger partial charge in [0.2, 0.25) is 5.95 Å². The number of nitrogens with one attached hydrogen (secondary N) is 2. The minimum Gasteiger partial charge on any atom is -0.495 e. The van der Waals surface area contributed by atoms with Gasteiger partial charge in [0.1, 0.15) is 5.75 Å². The van der Waals surface area contributed by atoms with Crippen LogP contribution in [0.25, 0.3) is 0 Å². The quantitative estimate of drug-likeness (QED) is 0.658. The van der Waals surface area contributed by atoms with Gasteiger partial charge in [0.15, 0.2) is 5.82 Å². The van der Waals surface area contributed by atoms with E-state index in [-0.39, 0.29) is 0 Å². The highest BCUT2D eigenvalue weighted by Gasteiger charge is 2.07. The van der Waals surface area contributed by atoms with Gasteiger partial charge < -0.3 is 15.4 Å². The number of halogens is 2. The predicted octanol–water partition coefficient (Wildman–Crippen LogP) is 4.54. The zero-order valence-electron chi connectivity index (χ0n) is 13.3. The van der Waals surface area contributed by atoms with Crippen LogP contribution < -0.4 is 15.4 Å². The maximum Gasteiger partial charge on any atom is 0.244 e. The van der Waals surface area contributed by atoms with Crippen LogP contribution >= 0.6 is 23.2 Å². The number of nitrogens with zero attached hydrogens (tertiary/aromatic N) is 3. The van der Waals surface area contributed by atoms with Crippen LogP contribution in [0, 0.1) is 0 Å². The standard InChI is InChI=1S/C17H15Cl2N5O/c1-25-15-7-6-12(18)8-14(15)22-16-10-21-24-17(23-16)20-9-11-4-2-3-5-13(11)19/h2-8,10H,9H2,1H3,(H2,20,22,23,24). The highest BCUT2D eigenvalue weighted by atomic mass is 35.5. The Kier molecular flexibility index (Phi) is 5.53. The molecule has 0 fully saturated rings. The first-order valence-electron chi connectivity index (χ1n) is 7.43. The summed E-state index contributed by atoms with van der Waals surface area (Å²) in [7, 11) is 1.59. The molecule has 0 unspecified atom stereocenters. The van der Waals surface area contributed by atoms with Gasteiger partial charge in [0, 0.05) is 16.6 Å². The molecule has 128 valence electrons. The van der Waals surface area contributed by atoms with Crippen LogP contribution in [0.4, 0.5) is 17.5 Å². The van der Waals surface area contributed by atoms with Crippen molar-refractivity contribution in [2.45, 2.75) is 6.54 Å². The Hall–Kier alpha value is -2.57. The molecule has 3 rings (SSSR count). The lowest BCUT2D eigenvalue weighted by atomic mass is 10.2. The SMILES string of the molecule is COc1ccc(Cl)cc1Nc1cnnc(NCc2ccccc2Cl)n1. The first-order chi connectivity index (χ1) is 12.2. The topological polar surface area (TPSA) is 72.0 Å². The van der Waals surface area contributed by atoms with Crippen LogP contribution in [0.2, 0.25) is 10.0 Å². The fourth-order valence-electron chi connectivity index (χ4n) is 2.17. The zero-order chi connectivity index (χ0) is 17.6. The van der Waals surface area contributed by atoms with Gasteiger partial charge in [-0.05, 0) is 29.8 Å². The second-order valence-electron chi connectivity index (χ2n) is 5.08. The van der Waals surface area contributed by atoms with Crippen LogP contribution in [-0.4, -0.2) is 22.3 Å². The maximum absolute atomic E-state index is 6.14. The number of aromatic nitrogens is 3. The second kappa shape index (κ2) is 8.00. The molecule has 0 amide bonds. The van der Waals surface area contributed by atoms with E-state index in [4.69, 9.17) is 27.9 Å². The molecule has 3 aromatic rings. The number of hydrogen-bond donors (Lipinski definition) is 2. The third kappa shape index (κ3) is 4.49. The summed E-state index contributed by atoms with van der Waals surface area (Å²) in [6.45, 7) is 0.491. The summed E-state index contributed by atoms with van der Waals surface area (Å²) in [5.41, 5.74) is 1.63. The van der Waals surface area contributed by atoms with Crippen molar-refractivity contribution in [2.24, 2.45) is 0 Å². The van der Waals surface area contributed by atoms with Crippen LogP contribution in [-0.2, 0) is 6.54 Å². The summed E-state index contributed by atoms with van der Waals surface area (Å²) in [6.07, 6.45) is 1.51. The van der Waals surface area contributed by atoms with Gasteiger partial charge in [0.25, 0.3) is 0 Å². The Morgan fingerprint density at radius 2 is 1.96 bits per heavy atom. The summed E-state index contributed by atoms with van der Waals surface area (Å²) in [5.74, 6) is 1.54. The molecular weight excluding hydrogens is 361 g/mol. The molecule has 6 nitrogen and oxygen atoms in total. The first kappa shape index (κ1) is 17.3. The highest BCUT2D eigenvalue weighted by molar-refractivity contribution is 6.31. The van der Waals surface area contributed by atoms with Gasteiger partial charge in [-0.25, -0.2) is 0 Å². The second-order valence-corrected chi connectivity index (χ2v) is 5.92. The van der Waals surface area contributed by atoms with Crippen molar-refractivity contribution < 1.29 is 4.74 Å². The Morgan fingerprint density at radius 3 is 2.76 bits per heavy atom. The van der Waals surface area contributed by atoms with Crippen molar-refractivity contribution in [3.8, 4) is 5.75 Å². The fraction of sp³-hybridized carbons (Fsp3) is 0.118. The number of ether oxygens (including phenoxy) is 1. The van der Waals surface area contributed by atoms with Crippen molar-refractivity contribution in [2.75, 3.05) is 17.7 Å². The minimum absolute atomic E-state index is 0.380. The molecule has 0 saturated heterocycles. The molecule has 0 aliphatic rings. The van der Waals surface area contributed by atoms with E-state index in [0.29, 0.717) is 39.8 Å². The lowest BCUT2D eigenvalue weighted by Crippen LogP contribution is -2.07. The Balaban J connectivity index is 1.74. The molecule has 0 saturated carbocycles. The van der Waals surface area contributed by atoms with Crippen LogP contribution in [0.15, 0.2) is 48.7 Å². The maximum atomic E-state index is 6.14. The Morgan fingerprint density at radius 1 is 1.12 bits per heavy atom. The van der Waals surface area contributed by atoms with Crippen molar-refractivity contribution in [3.63, 3.8) is 0 Å². The molecule has 1 aromatic heterocycles. The summed E-state index contributed by atoms with van der Waals surface area (Å²) in [6, 6.07) is 12.8. The van der Waals surface area contributed by atoms with Gasteiger partial charge in [-0.15, -0.1) is 5.10 Å². The van der Waals surface area contributed by atoms with Gasteiger partial charge in [-0.2, -0.15) is 10.1 Å². The Labute approximate surface area is 155 Å². The normalized spacial score (nSPS) is 10.4. The van der Waals surface area contributed by atoms with E-state index in [0.717, 1.165) is 5.56 Å². The number of hydrogen-bond acceptors (Lipinski definition) is 6. The minimum atomic E-state index is 0.380. The van der Waals surface area contributed by atoms with Crippen LogP contribution in [0.5, 0.6) is 5.75 Å². The van der Waals surface area contributed by atoms with E-state index in [1.807, 2.05) is 24.3 Å². The van der Waals surface area contributed by atoms with E-state index in [1.165, 1.54) is 6.20 Å². The molecule has 0 radical (unpaired) electrons. The van der Waals surface area contributed by atoms with Gasteiger partial charge in [0.05, 0.1) is 19.0 Å². The van der Waals surface area contributed by atoms with Crippen molar-refractivity contribution in [1.29, 1.82) is 0 Å². The van der Waals surface area contributed by atoms with E-state index in [2.05, 4.69) is 25.8 Å². The first-order valence-corrected chi connectivity index (χ1v) is 8.19. The average molecular weight is 376 g/mol. The number of anilines is 3. The Bertz CT molecular complexity index is 875. The number of rotatable bonds is 6. The predicted molar refractivity (Wildman–Crippen MR) is 99.9 cm³/mol. The van der Waals surface area contributed by atoms with Crippen LogP contribution in [0.1, 0.15) is 5.56 Å². The van der Waals surface area contributed by atoms with Gasteiger partial charge in [-0.3, -0.25) is 0 Å². The molecule has 0 aliphatic heterocycles. The average Bonchev–Trinajstić information content (AvgIpc) is 2.62. The molecule has 2 N–H and O–H groups in total. The lowest BCUT2D eigenvalue weighted by Gasteiger charge is -2.11. The van der Waals surface area contributed by atoms with Gasteiger partial charge in [-0.1, -0.05) is 41.4 Å². The molecular formula is C17H15Cl2N5O. The van der Waals surface area contributed by atoms with E-state index >= 15 is 0 Å². The molecule has 25 heavy (non-hydrogen) atoms. The molecule has 0 spiro atoms. The highest BCUT2D eigenvalue weighted by Crippen LogP contribution is 2.29. The third-order valence-electron chi connectivity index (χ3n) is 3.38. The van der Waals surface area contributed by atoms with E-state index in [9.17, 15) is 0 Å². The van der Waals surface area contributed by atoms with Crippen molar-refractivity contribution in [3.05, 3.63) is 64.3 Å². The molecule has 1 heterocycles. The smallest absolute Gasteiger partial charge is 0.244 e. The van der Waals surface area contributed by atoms with Crippen molar-refractivity contribution >= 4 is 40.7 Å². The molecule has 8 heteroatoms. The van der Waals surface area contributed by atoms with Crippen molar-refractivity contribution in [1.82, 2.24) is 15.2 Å². The van der Waals surface area contributed by atoms with Crippen LogP contribution in [0.3, 0.4) is 0 Å². The summed E-state index contributed by atoms with van der Waals surface area (Å²) in [4.78, 5) is 4.38. The molecule has 0 atom stereocenters. The number of methoxy groups -OCH3 is 1. The summed E-state index contributed by atoms with van der Waals surface area (Å²) < 4.78 is 5.31. The molecule has 2 aromatic carbocycles. The number of benzene rings is 2. The lowest BCUT2D eigenvalue weighted by molar-refractivity contribution is 0.417. The summed E-state index contributed by atoms with van der Waals surface area (Å²) in [5, 5.41) is 15.4. The monoisotopic (exact) mass is 375 g/mol. The zero-order valence-corrected chi connectivity index (χ0v) is 14.8. The van der Waals surface area contributed by atoms with E-state index < -0.39 is 0 Å².